The summed E-state index contributed by atoms with van der Waals surface area (Å²) < 4.78 is 32.2. The first-order valence-electron chi connectivity index (χ1n) is 9.44. The summed E-state index contributed by atoms with van der Waals surface area (Å²) in [6, 6.07) is 9.97. The van der Waals surface area contributed by atoms with Gasteiger partial charge in [-0.15, -0.1) is 0 Å². The normalized spacial score (nSPS) is 17.6. The topological polar surface area (TPSA) is 96.8 Å². The van der Waals surface area contributed by atoms with Crippen molar-refractivity contribution in [2.75, 3.05) is 18.8 Å². The zero-order chi connectivity index (χ0) is 20.3. The Morgan fingerprint density at radius 2 is 2.00 bits per heavy atom. The fourth-order valence-corrected chi connectivity index (χ4v) is 5.24. The number of rotatable bonds is 7. The van der Waals surface area contributed by atoms with E-state index in [-0.39, 0.29) is 11.9 Å². The third-order valence-corrected chi connectivity index (χ3v) is 7.15. The average molecular weight is 407 g/mol. The molecule has 0 spiro atoms. The molecule has 152 valence electrons. The second-order valence-electron chi connectivity index (χ2n) is 7.37. The number of carboxylic acid groups (broad SMARTS) is 1. The lowest BCUT2D eigenvalue weighted by atomic mass is 10.1. The van der Waals surface area contributed by atoms with Crippen molar-refractivity contribution in [2.24, 2.45) is 5.92 Å². The van der Waals surface area contributed by atoms with E-state index in [4.69, 9.17) is 9.84 Å². The molecule has 8 heteroatoms. The molecule has 1 fully saturated rings. The molecule has 3 rings (SSSR count). The summed E-state index contributed by atoms with van der Waals surface area (Å²) in [6.45, 7) is 4.54. The number of hydrogen-bond donors (Lipinski definition) is 1. The lowest BCUT2D eigenvalue weighted by Gasteiger charge is -2.31. The molecule has 1 N–H and O–H groups in total. The lowest BCUT2D eigenvalue weighted by molar-refractivity contribution is -0.140. The van der Waals surface area contributed by atoms with Gasteiger partial charge in [-0.3, -0.25) is 9.78 Å². The quantitative estimate of drug-likeness (QED) is 0.759. The number of nitrogens with zero attached hydrogens (tertiary/aromatic N) is 2. The number of piperidine rings is 1. The van der Waals surface area contributed by atoms with Crippen LogP contribution >= 0.6 is 0 Å². The first-order chi connectivity index (χ1) is 13.3. The fraction of sp³-hybridized carbons (Fsp3) is 0.500. The van der Waals surface area contributed by atoms with E-state index >= 15 is 0 Å². The summed E-state index contributed by atoms with van der Waals surface area (Å²) in [4.78, 5) is 15.5. The maximum Gasteiger partial charge on any atom is 0.307 e. The molecule has 1 aromatic carbocycles. The number of fused-ring (bicyclic) bond motifs is 1. The predicted molar refractivity (Wildman–Crippen MR) is 106 cm³/mol. The van der Waals surface area contributed by atoms with Gasteiger partial charge in [-0.1, -0.05) is 25.1 Å². The minimum atomic E-state index is -3.56. The Morgan fingerprint density at radius 3 is 2.68 bits per heavy atom. The molecular formula is C20H26N2O5S. The number of hydrogen-bond acceptors (Lipinski definition) is 5. The van der Waals surface area contributed by atoms with Crippen LogP contribution in [0.2, 0.25) is 0 Å². The van der Waals surface area contributed by atoms with Crippen LogP contribution in [0.3, 0.4) is 0 Å². The van der Waals surface area contributed by atoms with Crippen LogP contribution in [0.4, 0.5) is 0 Å². The SMILES string of the molecule is Cc1cc(COC2CCN(S(=O)(=O)CC(C)C(=O)O)CC2)c2ccccc2n1. The Morgan fingerprint density at radius 1 is 1.32 bits per heavy atom. The molecule has 28 heavy (non-hydrogen) atoms. The Labute approximate surface area is 165 Å². The molecule has 1 aliphatic heterocycles. The standard InChI is InChI=1S/C20H26N2O5S/c1-14(20(23)24)13-28(25,26)22-9-7-17(8-10-22)27-12-16-11-15(2)21-19-6-4-3-5-18(16)19/h3-6,11,14,17H,7-10,12-13H2,1-2H3,(H,23,24). The minimum Gasteiger partial charge on any atom is -0.481 e. The molecule has 0 amide bonds. The number of aryl methyl sites for hydroxylation is 1. The van der Waals surface area contributed by atoms with Crippen molar-refractivity contribution in [3.05, 3.63) is 41.6 Å². The highest BCUT2D eigenvalue weighted by molar-refractivity contribution is 7.89. The monoisotopic (exact) mass is 406 g/mol. The molecule has 0 aliphatic carbocycles. The smallest absolute Gasteiger partial charge is 0.307 e. The molecule has 1 aromatic heterocycles. The van der Waals surface area contributed by atoms with Gasteiger partial charge in [0.1, 0.15) is 0 Å². The highest BCUT2D eigenvalue weighted by atomic mass is 32.2. The van der Waals surface area contributed by atoms with Crippen LogP contribution in [0.1, 0.15) is 31.0 Å². The summed E-state index contributed by atoms with van der Waals surface area (Å²) in [5.41, 5.74) is 2.95. The number of benzene rings is 1. The molecule has 0 radical (unpaired) electrons. The van der Waals surface area contributed by atoms with Gasteiger partial charge < -0.3 is 9.84 Å². The van der Waals surface area contributed by atoms with E-state index in [9.17, 15) is 13.2 Å². The van der Waals surface area contributed by atoms with Crippen molar-refractivity contribution >= 4 is 26.9 Å². The third kappa shape index (κ3) is 4.87. The largest absolute Gasteiger partial charge is 0.481 e. The molecule has 7 nitrogen and oxygen atoms in total. The van der Waals surface area contributed by atoms with E-state index in [1.807, 2.05) is 37.3 Å². The first kappa shape index (κ1) is 20.7. The second kappa shape index (κ2) is 8.55. The zero-order valence-electron chi connectivity index (χ0n) is 16.2. The van der Waals surface area contributed by atoms with Crippen molar-refractivity contribution in [3.63, 3.8) is 0 Å². The predicted octanol–water partition coefficient (Wildman–Crippen LogP) is 2.57. The molecule has 0 saturated carbocycles. The van der Waals surface area contributed by atoms with Gasteiger partial charge >= 0.3 is 5.97 Å². The van der Waals surface area contributed by atoms with Crippen molar-refractivity contribution in [1.82, 2.24) is 9.29 Å². The lowest BCUT2D eigenvalue weighted by Crippen LogP contribution is -2.43. The Balaban J connectivity index is 1.58. The number of sulfonamides is 1. The summed E-state index contributed by atoms with van der Waals surface area (Å²) in [5, 5.41) is 10.0. The van der Waals surface area contributed by atoms with Gasteiger partial charge in [0, 0.05) is 24.2 Å². The number of para-hydroxylation sites is 1. The van der Waals surface area contributed by atoms with Crippen LogP contribution in [0.5, 0.6) is 0 Å². The summed E-state index contributed by atoms with van der Waals surface area (Å²) in [6.07, 6.45) is 1.18. The number of aromatic nitrogens is 1. The van der Waals surface area contributed by atoms with E-state index in [2.05, 4.69) is 4.98 Å². The fourth-order valence-electron chi connectivity index (χ4n) is 3.49. The number of aliphatic carboxylic acids is 1. The van der Waals surface area contributed by atoms with Crippen LogP contribution in [-0.2, 0) is 26.2 Å². The van der Waals surface area contributed by atoms with Gasteiger partial charge in [0.2, 0.25) is 10.0 Å². The molecular weight excluding hydrogens is 380 g/mol. The molecule has 1 atom stereocenters. The maximum atomic E-state index is 12.4. The number of pyridine rings is 1. The Kier molecular flexibility index (Phi) is 6.32. The summed E-state index contributed by atoms with van der Waals surface area (Å²) >= 11 is 0. The van der Waals surface area contributed by atoms with Crippen LogP contribution in [0.25, 0.3) is 10.9 Å². The van der Waals surface area contributed by atoms with Gasteiger partial charge in [0.05, 0.1) is 29.9 Å². The van der Waals surface area contributed by atoms with Gasteiger partial charge in [-0.05, 0) is 37.5 Å². The zero-order valence-corrected chi connectivity index (χ0v) is 17.0. The molecule has 2 aromatic rings. The number of ether oxygens (including phenoxy) is 1. The van der Waals surface area contributed by atoms with Crippen LogP contribution in [-0.4, -0.2) is 53.7 Å². The van der Waals surface area contributed by atoms with E-state index in [1.165, 1.54) is 11.2 Å². The number of carbonyl (C=O) groups is 1. The van der Waals surface area contributed by atoms with Crippen molar-refractivity contribution < 1.29 is 23.1 Å². The summed E-state index contributed by atoms with van der Waals surface area (Å²) in [7, 11) is -3.56. The molecule has 2 heterocycles. The highest BCUT2D eigenvalue weighted by Gasteiger charge is 2.31. The van der Waals surface area contributed by atoms with Crippen LogP contribution in [0.15, 0.2) is 30.3 Å². The van der Waals surface area contributed by atoms with Crippen molar-refractivity contribution in [1.29, 1.82) is 0 Å². The van der Waals surface area contributed by atoms with Crippen molar-refractivity contribution in [2.45, 2.75) is 39.4 Å². The second-order valence-corrected chi connectivity index (χ2v) is 9.38. The molecule has 1 saturated heterocycles. The summed E-state index contributed by atoms with van der Waals surface area (Å²) in [5.74, 6) is -2.38. The molecule has 1 unspecified atom stereocenters. The first-order valence-corrected chi connectivity index (χ1v) is 11.0. The molecule has 1 aliphatic rings. The van der Waals surface area contributed by atoms with Crippen LogP contribution in [0, 0.1) is 12.8 Å². The van der Waals surface area contributed by atoms with Gasteiger partial charge in [0.25, 0.3) is 0 Å². The van der Waals surface area contributed by atoms with E-state index in [1.54, 1.807) is 0 Å². The van der Waals surface area contributed by atoms with Gasteiger partial charge in [0.15, 0.2) is 0 Å². The average Bonchev–Trinajstić information content (AvgIpc) is 2.66. The maximum absolute atomic E-state index is 12.4. The highest BCUT2D eigenvalue weighted by Crippen LogP contribution is 2.23. The van der Waals surface area contributed by atoms with E-state index in [0.29, 0.717) is 32.5 Å². The number of carboxylic acids is 1. The van der Waals surface area contributed by atoms with Crippen LogP contribution < -0.4 is 0 Å². The van der Waals surface area contributed by atoms with Crippen molar-refractivity contribution in [3.8, 4) is 0 Å². The molecule has 0 bridgehead atoms. The van der Waals surface area contributed by atoms with E-state index in [0.717, 1.165) is 22.2 Å². The third-order valence-electron chi connectivity index (χ3n) is 5.08. The Bertz CT molecular complexity index is 952. The van der Waals surface area contributed by atoms with E-state index < -0.39 is 21.9 Å². The Hall–Kier alpha value is -2.03. The van der Waals surface area contributed by atoms with Gasteiger partial charge in [-0.25, -0.2) is 12.7 Å². The van der Waals surface area contributed by atoms with Gasteiger partial charge in [-0.2, -0.15) is 0 Å². The minimum absolute atomic E-state index is 0.0180.